The summed E-state index contributed by atoms with van der Waals surface area (Å²) in [5, 5.41) is 8.59. The summed E-state index contributed by atoms with van der Waals surface area (Å²) in [5.41, 5.74) is 0. The minimum atomic E-state index is 0.104. The molecule has 0 amide bonds. The number of aliphatic hydroxyl groups excluding tert-OH is 1. The molecule has 0 aromatic heterocycles. The highest BCUT2D eigenvalue weighted by molar-refractivity contribution is 4.54. The Morgan fingerprint density at radius 1 is 0.559 bits per heavy atom. The number of unbranched alkanes of at least 4 members (excludes halogenated alkanes) is 20. The number of aliphatic hydroxyl groups is 1. The lowest BCUT2D eigenvalue weighted by Crippen LogP contribution is -2.22. The summed E-state index contributed by atoms with van der Waals surface area (Å²) in [6.07, 6.45) is 33.7. The predicted octanol–water partition coefficient (Wildman–Crippen LogP) is 10.1. The predicted molar refractivity (Wildman–Crippen MR) is 150 cm³/mol. The van der Waals surface area contributed by atoms with Gasteiger partial charge in [-0.25, -0.2) is 0 Å². The SMILES string of the molecule is CCCCCCCCCCCCCO.CCCCCCCCCCCCCOC1CCCCO1. The van der Waals surface area contributed by atoms with E-state index in [4.69, 9.17) is 14.6 Å². The molecule has 0 bridgehead atoms. The largest absolute Gasteiger partial charge is 0.396 e. The van der Waals surface area contributed by atoms with Gasteiger partial charge >= 0.3 is 0 Å². The van der Waals surface area contributed by atoms with Crippen LogP contribution in [-0.2, 0) is 9.47 Å². The first kappa shape index (κ1) is 33.9. The minimum Gasteiger partial charge on any atom is -0.396 e. The third-order valence-electron chi connectivity index (χ3n) is 6.95. The summed E-state index contributed by atoms with van der Waals surface area (Å²) in [6.45, 7) is 6.70. The fourth-order valence-corrected chi connectivity index (χ4v) is 4.60. The van der Waals surface area contributed by atoms with E-state index in [-0.39, 0.29) is 6.29 Å². The Kier molecular flexibility index (Phi) is 30.8. The Bertz CT molecular complexity index is 330. The topological polar surface area (TPSA) is 38.7 Å². The van der Waals surface area contributed by atoms with E-state index in [2.05, 4.69) is 13.8 Å². The molecule has 3 nitrogen and oxygen atoms in total. The van der Waals surface area contributed by atoms with Crippen LogP contribution in [0.25, 0.3) is 0 Å². The molecule has 1 saturated heterocycles. The molecule has 0 saturated carbocycles. The molecule has 0 spiro atoms. The monoisotopic (exact) mass is 484 g/mol. The van der Waals surface area contributed by atoms with E-state index in [9.17, 15) is 0 Å². The highest BCUT2D eigenvalue weighted by atomic mass is 16.7. The molecule has 1 fully saturated rings. The van der Waals surface area contributed by atoms with Gasteiger partial charge in [0.05, 0.1) is 0 Å². The summed E-state index contributed by atoms with van der Waals surface area (Å²) >= 11 is 0. The van der Waals surface area contributed by atoms with Crippen molar-refractivity contribution in [3.63, 3.8) is 0 Å². The highest BCUT2D eigenvalue weighted by Crippen LogP contribution is 2.15. The second-order valence-electron chi connectivity index (χ2n) is 10.5. The molecule has 34 heavy (non-hydrogen) atoms. The first-order valence-corrected chi connectivity index (χ1v) is 15.7. The summed E-state index contributed by atoms with van der Waals surface area (Å²) in [7, 11) is 0. The first-order chi connectivity index (χ1) is 16.8. The molecule has 0 aromatic rings. The van der Waals surface area contributed by atoms with E-state index in [0.717, 1.165) is 26.1 Å². The van der Waals surface area contributed by atoms with Gasteiger partial charge in [0, 0.05) is 19.8 Å². The Morgan fingerprint density at radius 2 is 0.971 bits per heavy atom. The Labute approximate surface area is 215 Å². The molecular weight excluding hydrogens is 420 g/mol. The van der Waals surface area contributed by atoms with E-state index in [1.54, 1.807) is 0 Å². The Hall–Kier alpha value is -0.120. The van der Waals surface area contributed by atoms with Gasteiger partial charge in [0.15, 0.2) is 6.29 Å². The van der Waals surface area contributed by atoms with Crippen molar-refractivity contribution in [1.29, 1.82) is 0 Å². The molecule has 1 rings (SSSR count). The van der Waals surface area contributed by atoms with E-state index < -0.39 is 0 Å². The van der Waals surface area contributed by atoms with Crippen molar-refractivity contribution in [3.8, 4) is 0 Å². The van der Waals surface area contributed by atoms with Crippen LogP contribution in [0.5, 0.6) is 0 Å². The number of hydrogen-bond donors (Lipinski definition) is 1. The van der Waals surface area contributed by atoms with Gasteiger partial charge in [-0.05, 0) is 32.1 Å². The Morgan fingerprint density at radius 3 is 1.35 bits per heavy atom. The summed E-state index contributed by atoms with van der Waals surface area (Å²) in [4.78, 5) is 0. The summed E-state index contributed by atoms with van der Waals surface area (Å²) in [5.74, 6) is 0. The van der Waals surface area contributed by atoms with Gasteiger partial charge in [-0.3, -0.25) is 0 Å². The Balaban J connectivity index is 0.000000686. The van der Waals surface area contributed by atoms with E-state index in [1.807, 2.05) is 0 Å². The number of hydrogen-bond acceptors (Lipinski definition) is 3. The summed E-state index contributed by atoms with van der Waals surface area (Å²) in [6, 6.07) is 0. The van der Waals surface area contributed by atoms with Crippen LogP contribution < -0.4 is 0 Å². The molecule has 1 N–H and O–H groups in total. The molecule has 1 heterocycles. The van der Waals surface area contributed by atoms with Crippen LogP contribution in [0.4, 0.5) is 0 Å². The first-order valence-electron chi connectivity index (χ1n) is 15.7. The number of ether oxygens (including phenoxy) is 2. The molecule has 0 aliphatic carbocycles. The highest BCUT2D eigenvalue weighted by Gasteiger charge is 2.13. The average Bonchev–Trinajstić information content (AvgIpc) is 2.87. The van der Waals surface area contributed by atoms with Crippen LogP contribution in [0, 0.1) is 0 Å². The number of rotatable bonds is 24. The normalized spacial score (nSPS) is 15.8. The third kappa shape index (κ3) is 28.1. The molecule has 0 aromatic carbocycles. The third-order valence-corrected chi connectivity index (χ3v) is 6.95. The van der Waals surface area contributed by atoms with Crippen molar-refractivity contribution < 1.29 is 14.6 Å². The zero-order chi connectivity index (χ0) is 24.8. The van der Waals surface area contributed by atoms with Gasteiger partial charge < -0.3 is 14.6 Å². The van der Waals surface area contributed by atoms with Crippen molar-refractivity contribution in [1.82, 2.24) is 0 Å². The minimum absolute atomic E-state index is 0.104. The molecular formula is C31H64O3. The van der Waals surface area contributed by atoms with Gasteiger partial charge in [0.25, 0.3) is 0 Å². The molecule has 1 aliphatic rings. The van der Waals surface area contributed by atoms with Gasteiger partial charge in [-0.2, -0.15) is 0 Å². The van der Waals surface area contributed by atoms with Gasteiger partial charge in [0.1, 0.15) is 0 Å². The molecule has 0 radical (unpaired) electrons. The van der Waals surface area contributed by atoms with Crippen molar-refractivity contribution in [2.75, 3.05) is 19.8 Å². The second kappa shape index (κ2) is 30.9. The molecule has 206 valence electrons. The van der Waals surface area contributed by atoms with Crippen molar-refractivity contribution >= 4 is 0 Å². The van der Waals surface area contributed by atoms with Crippen LogP contribution in [0.2, 0.25) is 0 Å². The average molecular weight is 485 g/mol. The molecule has 1 atom stereocenters. The van der Waals surface area contributed by atoms with Crippen LogP contribution in [0.1, 0.15) is 174 Å². The maximum atomic E-state index is 8.59. The second-order valence-corrected chi connectivity index (χ2v) is 10.5. The molecule has 1 aliphatic heterocycles. The standard InChI is InChI=1S/C18H36O2.C13H28O/c1-2-3-4-5-6-7-8-9-10-11-13-16-19-18-15-12-14-17-20-18;1-2-3-4-5-6-7-8-9-10-11-12-13-14/h18H,2-17H2,1H3;14H,2-13H2,1H3. The molecule has 3 heteroatoms. The van der Waals surface area contributed by atoms with Crippen LogP contribution in [0.3, 0.4) is 0 Å². The quantitative estimate of drug-likeness (QED) is 0.138. The molecule has 1 unspecified atom stereocenters. The maximum absolute atomic E-state index is 8.59. The fraction of sp³-hybridized carbons (Fsp3) is 1.00. The zero-order valence-corrected chi connectivity index (χ0v) is 23.6. The fourth-order valence-electron chi connectivity index (χ4n) is 4.60. The van der Waals surface area contributed by atoms with Gasteiger partial charge in [-0.15, -0.1) is 0 Å². The van der Waals surface area contributed by atoms with Crippen LogP contribution in [0.15, 0.2) is 0 Å². The van der Waals surface area contributed by atoms with E-state index in [1.165, 1.54) is 148 Å². The lowest BCUT2D eigenvalue weighted by Gasteiger charge is -2.22. The van der Waals surface area contributed by atoms with Crippen LogP contribution >= 0.6 is 0 Å². The van der Waals surface area contributed by atoms with Crippen molar-refractivity contribution in [2.24, 2.45) is 0 Å². The van der Waals surface area contributed by atoms with Gasteiger partial charge in [0.2, 0.25) is 0 Å². The lowest BCUT2D eigenvalue weighted by molar-refractivity contribution is -0.162. The van der Waals surface area contributed by atoms with E-state index >= 15 is 0 Å². The van der Waals surface area contributed by atoms with Crippen molar-refractivity contribution in [2.45, 2.75) is 181 Å². The van der Waals surface area contributed by atoms with E-state index in [0.29, 0.717) is 6.61 Å². The van der Waals surface area contributed by atoms with Crippen molar-refractivity contribution in [3.05, 3.63) is 0 Å². The van der Waals surface area contributed by atoms with Gasteiger partial charge in [-0.1, -0.05) is 142 Å². The smallest absolute Gasteiger partial charge is 0.157 e. The summed E-state index contributed by atoms with van der Waals surface area (Å²) < 4.78 is 11.3. The maximum Gasteiger partial charge on any atom is 0.157 e. The zero-order valence-electron chi connectivity index (χ0n) is 23.6. The lowest BCUT2D eigenvalue weighted by atomic mass is 10.1. The van der Waals surface area contributed by atoms with Crippen LogP contribution in [-0.4, -0.2) is 31.2 Å².